The fraction of sp³-hybridized carbons (Fsp3) is 0.273. The van der Waals surface area contributed by atoms with Crippen molar-refractivity contribution in [2.75, 3.05) is 13.2 Å². The number of rotatable bonds is 8. The van der Waals surface area contributed by atoms with Gasteiger partial charge in [0.25, 0.3) is 5.91 Å². The maximum atomic E-state index is 12.0. The molecule has 142 valence electrons. The van der Waals surface area contributed by atoms with Crippen LogP contribution in [0.2, 0.25) is 0 Å². The van der Waals surface area contributed by atoms with Gasteiger partial charge in [0.15, 0.2) is 6.61 Å². The van der Waals surface area contributed by atoms with Gasteiger partial charge >= 0.3 is 5.97 Å². The van der Waals surface area contributed by atoms with Crippen LogP contribution >= 0.6 is 0 Å². The SMILES string of the molecule is CCOc1ccccc1/C=C/C(=O)OCC(=O)NC(C)c1ccccc1C. The van der Waals surface area contributed by atoms with Crippen molar-refractivity contribution >= 4 is 18.0 Å². The first-order valence-corrected chi connectivity index (χ1v) is 8.92. The lowest BCUT2D eigenvalue weighted by atomic mass is 10.0. The minimum atomic E-state index is -0.583. The van der Waals surface area contributed by atoms with Crippen molar-refractivity contribution in [2.24, 2.45) is 0 Å². The minimum Gasteiger partial charge on any atom is -0.493 e. The number of carbonyl (C=O) groups excluding carboxylic acids is 2. The third kappa shape index (κ3) is 6.29. The summed E-state index contributed by atoms with van der Waals surface area (Å²) in [5, 5.41) is 2.83. The Morgan fingerprint density at radius 2 is 1.81 bits per heavy atom. The highest BCUT2D eigenvalue weighted by molar-refractivity contribution is 5.89. The van der Waals surface area contributed by atoms with E-state index in [4.69, 9.17) is 9.47 Å². The monoisotopic (exact) mass is 367 g/mol. The minimum absolute atomic E-state index is 0.161. The maximum absolute atomic E-state index is 12.0. The standard InChI is InChI=1S/C22H25NO4/c1-4-26-20-12-8-6-10-18(20)13-14-22(25)27-15-21(24)23-17(3)19-11-7-5-9-16(19)2/h5-14,17H,4,15H2,1-3H3,(H,23,24)/b14-13+. The Labute approximate surface area is 160 Å². The summed E-state index contributed by atoms with van der Waals surface area (Å²) in [6.45, 7) is 5.99. The van der Waals surface area contributed by atoms with E-state index in [1.807, 2.05) is 69.3 Å². The smallest absolute Gasteiger partial charge is 0.331 e. The van der Waals surface area contributed by atoms with Crippen LogP contribution in [0, 0.1) is 6.92 Å². The zero-order valence-corrected chi connectivity index (χ0v) is 15.9. The van der Waals surface area contributed by atoms with Crippen LogP contribution in [0.25, 0.3) is 6.08 Å². The second-order valence-electron chi connectivity index (χ2n) is 6.06. The van der Waals surface area contributed by atoms with Gasteiger partial charge in [0.05, 0.1) is 12.6 Å². The number of amides is 1. The number of hydrogen-bond donors (Lipinski definition) is 1. The predicted octanol–water partition coefficient (Wildman–Crippen LogP) is 3.83. The third-order valence-corrected chi connectivity index (χ3v) is 4.00. The molecule has 0 fully saturated rings. The molecular formula is C22H25NO4. The Bertz CT molecular complexity index is 813. The van der Waals surface area contributed by atoms with Crippen molar-refractivity contribution in [1.29, 1.82) is 0 Å². The molecule has 5 nitrogen and oxygen atoms in total. The third-order valence-electron chi connectivity index (χ3n) is 4.00. The lowest BCUT2D eigenvalue weighted by Gasteiger charge is -2.16. The first-order chi connectivity index (χ1) is 13.0. The van der Waals surface area contributed by atoms with Crippen LogP contribution in [-0.4, -0.2) is 25.1 Å². The van der Waals surface area contributed by atoms with Gasteiger partial charge in [-0.2, -0.15) is 0 Å². The Kier molecular flexibility index (Phi) is 7.62. The molecule has 0 saturated carbocycles. The topological polar surface area (TPSA) is 64.6 Å². The van der Waals surface area contributed by atoms with Gasteiger partial charge in [-0.15, -0.1) is 0 Å². The van der Waals surface area contributed by atoms with Crippen molar-refractivity contribution in [1.82, 2.24) is 5.32 Å². The van der Waals surface area contributed by atoms with Crippen molar-refractivity contribution in [3.05, 3.63) is 71.3 Å². The molecule has 0 bridgehead atoms. The quantitative estimate of drug-likeness (QED) is 0.569. The summed E-state index contributed by atoms with van der Waals surface area (Å²) in [4.78, 5) is 23.9. The summed E-state index contributed by atoms with van der Waals surface area (Å²) in [6.07, 6.45) is 2.90. The van der Waals surface area contributed by atoms with Crippen LogP contribution in [0.3, 0.4) is 0 Å². The van der Waals surface area contributed by atoms with Crippen molar-refractivity contribution < 1.29 is 19.1 Å². The summed E-state index contributed by atoms with van der Waals surface area (Å²) in [6, 6.07) is 15.1. The van der Waals surface area contributed by atoms with E-state index in [9.17, 15) is 9.59 Å². The van der Waals surface area contributed by atoms with E-state index < -0.39 is 5.97 Å². The molecule has 0 radical (unpaired) electrons. The number of esters is 1. The van der Waals surface area contributed by atoms with Crippen LogP contribution in [0.4, 0.5) is 0 Å². The van der Waals surface area contributed by atoms with E-state index in [2.05, 4.69) is 5.32 Å². The van der Waals surface area contributed by atoms with Crippen LogP contribution in [0.15, 0.2) is 54.6 Å². The zero-order valence-electron chi connectivity index (χ0n) is 15.9. The van der Waals surface area contributed by atoms with Crippen LogP contribution < -0.4 is 10.1 Å². The second kappa shape index (κ2) is 10.2. The molecule has 0 saturated heterocycles. The molecule has 0 aliphatic rings. The van der Waals surface area contributed by atoms with Gasteiger partial charge in [-0.05, 0) is 44.0 Å². The molecule has 2 aromatic carbocycles. The summed E-state index contributed by atoms with van der Waals surface area (Å²) < 4.78 is 10.5. The normalized spacial score (nSPS) is 11.8. The van der Waals surface area contributed by atoms with E-state index in [0.717, 1.165) is 16.7 Å². The molecule has 1 atom stereocenters. The number of ether oxygens (including phenoxy) is 2. The van der Waals surface area contributed by atoms with Crippen LogP contribution in [-0.2, 0) is 14.3 Å². The molecule has 1 amide bonds. The average molecular weight is 367 g/mol. The Morgan fingerprint density at radius 3 is 2.56 bits per heavy atom. The average Bonchev–Trinajstić information content (AvgIpc) is 2.66. The molecule has 0 spiro atoms. The molecular weight excluding hydrogens is 342 g/mol. The first-order valence-electron chi connectivity index (χ1n) is 8.92. The number of para-hydroxylation sites is 1. The lowest BCUT2D eigenvalue weighted by Crippen LogP contribution is -2.31. The maximum Gasteiger partial charge on any atom is 0.331 e. The van der Waals surface area contributed by atoms with E-state index in [-0.39, 0.29) is 18.6 Å². The summed E-state index contributed by atoms with van der Waals surface area (Å²) in [5.74, 6) is -0.240. The fourth-order valence-electron chi connectivity index (χ4n) is 2.68. The second-order valence-corrected chi connectivity index (χ2v) is 6.06. The molecule has 2 aromatic rings. The summed E-state index contributed by atoms with van der Waals surface area (Å²) >= 11 is 0. The largest absolute Gasteiger partial charge is 0.493 e. The van der Waals surface area contributed by atoms with Crippen molar-refractivity contribution in [3.8, 4) is 5.75 Å². The van der Waals surface area contributed by atoms with Gasteiger partial charge in [-0.3, -0.25) is 4.79 Å². The Morgan fingerprint density at radius 1 is 1.11 bits per heavy atom. The van der Waals surface area contributed by atoms with E-state index >= 15 is 0 Å². The van der Waals surface area contributed by atoms with E-state index in [0.29, 0.717) is 12.4 Å². The molecule has 0 aliphatic heterocycles. The number of hydrogen-bond acceptors (Lipinski definition) is 4. The number of nitrogens with one attached hydrogen (secondary N) is 1. The highest BCUT2D eigenvalue weighted by atomic mass is 16.5. The van der Waals surface area contributed by atoms with Gasteiger partial charge in [0.2, 0.25) is 0 Å². The van der Waals surface area contributed by atoms with Crippen molar-refractivity contribution in [2.45, 2.75) is 26.8 Å². The van der Waals surface area contributed by atoms with Gasteiger partial charge in [0, 0.05) is 11.6 Å². The number of carbonyl (C=O) groups is 2. The molecule has 1 unspecified atom stereocenters. The molecule has 0 aliphatic carbocycles. The van der Waals surface area contributed by atoms with Crippen LogP contribution in [0.5, 0.6) is 5.75 Å². The first kappa shape index (κ1) is 20.2. The molecule has 5 heteroatoms. The molecule has 2 rings (SSSR count). The highest BCUT2D eigenvalue weighted by Crippen LogP contribution is 2.19. The molecule has 0 aromatic heterocycles. The molecule has 0 heterocycles. The van der Waals surface area contributed by atoms with Crippen molar-refractivity contribution in [3.63, 3.8) is 0 Å². The van der Waals surface area contributed by atoms with Gasteiger partial charge in [-0.1, -0.05) is 42.5 Å². The number of aryl methyl sites for hydroxylation is 1. The van der Waals surface area contributed by atoms with Gasteiger partial charge in [0.1, 0.15) is 5.75 Å². The summed E-state index contributed by atoms with van der Waals surface area (Å²) in [5.41, 5.74) is 2.90. The lowest BCUT2D eigenvalue weighted by molar-refractivity contribution is -0.144. The molecule has 1 N–H and O–H groups in total. The molecule has 27 heavy (non-hydrogen) atoms. The zero-order chi connectivity index (χ0) is 19.6. The Balaban J connectivity index is 1.85. The van der Waals surface area contributed by atoms with E-state index in [1.54, 1.807) is 6.08 Å². The predicted molar refractivity (Wildman–Crippen MR) is 105 cm³/mol. The highest BCUT2D eigenvalue weighted by Gasteiger charge is 2.12. The number of benzene rings is 2. The van der Waals surface area contributed by atoms with Gasteiger partial charge in [-0.25, -0.2) is 4.79 Å². The summed E-state index contributed by atoms with van der Waals surface area (Å²) in [7, 11) is 0. The van der Waals surface area contributed by atoms with Crippen LogP contribution in [0.1, 0.15) is 36.6 Å². The van der Waals surface area contributed by atoms with Gasteiger partial charge < -0.3 is 14.8 Å². The van der Waals surface area contributed by atoms with E-state index in [1.165, 1.54) is 6.08 Å². The Hall–Kier alpha value is -3.08. The fourth-order valence-corrected chi connectivity index (χ4v) is 2.68.